The maximum atomic E-state index is 11.9. The Morgan fingerprint density at radius 3 is 2.64 bits per heavy atom. The van der Waals surface area contributed by atoms with E-state index in [1.807, 2.05) is 0 Å². The highest BCUT2D eigenvalue weighted by Gasteiger charge is 2.22. The lowest BCUT2D eigenvalue weighted by Gasteiger charge is -2.01. The molecule has 0 fully saturated rings. The molecular formula is C18H15NO9. The van der Waals surface area contributed by atoms with Crippen LogP contribution in [0, 0.1) is 17.0 Å². The van der Waals surface area contributed by atoms with E-state index in [1.54, 1.807) is 6.92 Å². The molecule has 0 spiro atoms. The molecule has 2 heterocycles. The van der Waals surface area contributed by atoms with Gasteiger partial charge in [-0.2, -0.15) is 0 Å². The number of nitrogens with zero attached hydrogens (tertiary/aromatic N) is 1. The van der Waals surface area contributed by atoms with Crippen LogP contribution in [0.1, 0.15) is 27.4 Å². The molecule has 0 radical (unpaired) electrons. The van der Waals surface area contributed by atoms with Crippen molar-refractivity contribution in [3.05, 3.63) is 57.0 Å². The predicted molar refractivity (Wildman–Crippen MR) is 92.8 cm³/mol. The van der Waals surface area contributed by atoms with Gasteiger partial charge in [-0.15, -0.1) is 0 Å². The third kappa shape index (κ3) is 3.95. The van der Waals surface area contributed by atoms with Crippen LogP contribution >= 0.6 is 0 Å². The van der Waals surface area contributed by atoms with Gasteiger partial charge >= 0.3 is 11.9 Å². The Morgan fingerprint density at radius 1 is 1.25 bits per heavy atom. The number of furan rings is 1. The van der Waals surface area contributed by atoms with E-state index in [-0.39, 0.29) is 41.7 Å². The van der Waals surface area contributed by atoms with Crippen molar-refractivity contribution in [3.63, 3.8) is 0 Å². The van der Waals surface area contributed by atoms with Crippen LogP contribution in [-0.4, -0.2) is 30.8 Å². The van der Waals surface area contributed by atoms with E-state index in [0.29, 0.717) is 11.5 Å². The standard InChI is InChI=1S/C18H15NO9/c1-10-13(18(21)24-2)6-12(28-10)8-25-17(20)4-3-11-5-15-16(27-9-26-15)7-14(11)19(22)23/h3-7H,8-9H2,1-2H3. The fourth-order valence-electron chi connectivity index (χ4n) is 2.51. The van der Waals surface area contributed by atoms with Gasteiger partial charge in [0.1, 0.15) is 23.7 Å². The normalized spacial score (nSPS) is 12.2. The molecule has 10 nitrogen and oxygen atoms in total. The van der Waals surface area contributed by atoms with Crippen LogP contribution in [0.4, 0.5) is 5.69 Å². The lowest BCUT2D eigenvalue weighted by atomic mass is 10.1. The van der Waals surface area contributed by atoms with Crippen molar-refractivity contribution >= 4 is 23.7 Å². The minimum atomic E-state index is -0.749. The van der Waals surface area contributed by atoms with Crippen molar-refractivity contribution in [2.24, 2.45) is 0 Å². The second kappa shape index (κ2) is 7.82. The summed E-state index contributed by atoms with van der Waals surface area (Å²) in [6, 6.07) is 4.05. The lowest BCUT2D eigenvalue weighted by Crippen LogP contribution is -2.01. The SMILES string of the molecule is COC(=O)c1cc(COC(=O)C=Cc2cc3c(cc2[N+](=O)[O-])OCO3)oc1C. The Labute approximate surface area is 158 Å². The third-order valence-corrected chi connectivity index (χ3v) is 3.85. The van der Waals surface area contributed by atoms with Crippen LogP contribution in [0.2, 0.25) is 0 Å². The lowest BCUT2D eigenvalue weighted by molar-refractivity contribution is -0.385. The molecule has 0 unspecified atom stereocenters. The molecule has 10 heteroatoms. The first-order valence-electron chi connectivity index (χ1n) is 7.99. The summed E-state index contributed by atoms with van der Waals surface area (Å²) in [7, 11) is 1.24. The molecule has 1 aliphatic heterocycles. The van der Waals surface area contributed by atoms with Crippen molar-refractivity contribution < 1.29 is 37.9 Å². The number of benzene rings is 1. The van der Waals surface area contributed by atoms with Crippen molar-refractivity contribution in [1.29, 1.82) is 0 Å². The summed E-state index contributed by atoms with van der Waals surface area (Å²) >= 11 is 0. The predicted octanol–water partition coefficient (Wildman–Crippen LogP) is 2.77. The van der Waals surface area contributed by atoms with Gasteiger partial charge in [0.05, 0.1) is 23.7 Å². The first-order chi connectivity index (χ1) is 13.4. The first kappa shape index (κ1) is 19.0. The molecule has 2 aromatic rings. The highest BCUT2D eigenvalue weighted by molar-refractivity contribution is 5.90. The average molecular weight is 389 g/mol. The second-order valence-corrected chi connectivity index (χ2v) is 5.64. The fourth-order valence-corrected chi connectivity index (χ4v) is 2.51. The summed E-state index contributed by atoms with van der Waals surface area (Å²) in [6.07, 6.45) is 2.29. The van der Waals surface area contributed by atoms with Gasteiger partial charge in [-0.1, -0.05) is 0 Å². The van der Waals surface area contributed by atoms with Crippen LogP contribution in [0.25, 0.3) is 6.08 Å². The number of ether oxygens (including phenoxy) is 4. The maximum Gasteiger partial charge on any atom is 0.341 e. The van der Waals surface area contributed by atoms with E-state index in [2.05, 4.69) is 4.74 Å². The minimum absolute atomic E-state index is 0.0299. The van der Waals surface area contributed by atoms with Crippen LogP contribution in [0.15, 0.2) is 28.7 Å². The van der Waals surface area contributed by atoms with Gasteiger partial charge in [0.25, 0.3) is 5.69 Å². The molecule has 1 aromatic heterocycles. The van der Waals surface area contributed by atoms with E-state index in [4.69, 9.17) is 18.6 Å². The van der Waals surface area contributed by atoms with E-state index >= 15 is 0 Å². The molecular weight excluding hydrogens is 374 g/mol. The smallest absolute Gasteiger partial charge is 0.341 e. The Balaban J connectivity index is 1.68. The summed E-state index contributed by atoms with van der Waals surface area (Å²) in [6.45, 7) is 1.33. The quantitative estimate of drug-likeness (QED) is 0.317. The summed E-state index contributed by atoms with van der Waals surface area (Å²) in [5.74, 6) is -0.103. The van der Waals surface area contributed by atoms with Crippen LogP contribution in [0.5, 0.6) is 11.5 Å². The van der Waals surface area contributed by atoms with Gasteiger partial charge in [0.15, 0.2) is 11.5 Å². The van der Waals surface area contributed by atoms with E-state index < -0.39 is 16.9 Å². The highest BCUT2D eigenvalue weighted by atomic mass is 16.7. The fraction of sp³-hybridized carbons (Fsp3) is 0.222. The number of carbonyl (C=O) groups is 2. The third-order valence-electron chi connectivity index (χ3n) is 3.85. The number of rotatable bonds is 6. The van der Waals surface area contributed by atoms with Gasteiger partial charge in [0, 0.05) is 6.08 Å². The number of aryl methyl sites for hydroxylation is 1. The monoisotopic (exact) mass is 389 g/mol. The number of esters is 2. The molecule has 0 N–H and O–H groups in total. The number of hydrogen-bond acceptors (Lipinski definition) is 9. The zero-order valence-electron chi connectivity index (χ0n) is 14.9. The Bertz CT molecular complexity index is 974. The van der Waals surface area contributed by atoms with Gasteiger partial charge in [-0.25, -0.2) is 9.59 Å². The molecule has 0 saturated heterocycles. The summed E-state index contributed by atoms with van der Waals surface area (Å²) in [5, 5.41) is 11.2. The molecule has 0 amide bonds. The molecule has 0 saturated carbocycles. The number of hydrogen-bond donors (Lipinski definition) is 0. The van der Waals surface area contributed by atoms with E-state index in [1.165, 1.54) is 31.4 Å². The molecule has 1 aliphatic rings. The minimum Gasteiger partial charge on any atom is -0.465 e. The number of nitro benzene ring substituents is 1. The van der Waals surface area contributed by atoms with Crippen LogP contribution in [-0.2, 0) is 20.9 Å². The summed E-state index contributed by atoms with van der Waals surface area (Å²) in [4.78, 5) is 34.1. The largest absolute Gasteiger partial charge is 0.465 e. The van der Waals surface area contributed by atoms with Crippen molar-refractivity contribution in [1.82, 2.24) is 0 Å². The second-order valence-electron chi connectivity index (χ2n) is 5.64. The Hall–Kier alpha value is -3.82. The molecule has 0 atom stereocenters. The summed E-state index contributed by atoms with van der Waals surface area (Å²) in [5.41, 5.74) is 0.158. The maximum absolute atomic E-state index is 11.9. The molecule has 1 aromatic carbocycles. The van der Waals surface area contributed by atoms with Crippen LogP contribution in [0.3, 0.4) is 0 Å². The molecule has 146 valence electrons. The first-order valence-corrected chi connectivity index (χ1v) is 7.99. The molecule has 0 aliphatic carbocycles. The van der Waals surface area contributed by atoms with E-state index in [0.717, 1.165) is 6.08 Å². The van der Waals surface area contributed by atoms with Gasteiger partial charge in [-0.05, 0) is 25.1 Å². The van der Waals surface area contributed by atoms with Gasteiger partial charge in [0.2, 0.25) is 6.79 Å². The van der Waals surface area contributed by atoms with Gasteiger partial charge in [-0.3, -0.25) is 10.1 Å². The summed E-state index contributed by atoms with van der Waals surface area (Å²) < 4.78 is 25.3. The zero-order valence-corrected chi connectivity index (χ0v) is 14.9. The number of methoxy groups -OCH3 is 1. The van der Waals surface area contributed by atoms with Gasteiger partial charge < -0.3 is 23.4 Å². The number of nitro groups is 1. The number of carbonyl (C=O) groups excluding carboxylic acids is 2. The molecule has 28 heavy (non-hydrogen) atoms. The highest BCUT2D eigenvalue weighted by Crippen LogP contribution is 2.38. The Morgan fingerprint density at radius 2 is 1.96 bits per heavy atom. The van der Waals surface area contributed by atoms with Crippen molar-refractivity contribution in [2.45, 2.75) is 13.5 Å². The average Bonchev–Trinajstić information content (AvgIpc) is 3.28. The van der Waals surface area contributed by atoms with Crippen molar-refractivity contribution in [3.8, 4) is 11.5 Å². The topological polar surface area (TPSA) is 127 Å². The van der Waals surface area contributed by atoms with Crippen molar-refractivity contribution in [2.75, 3.05) is 13.9 Å². The number of fused-ring (bicyclic) bond motifs is 1. The molecule has 3 rings (SSSR count). The Kier molecular flexibility index (Phi) is 5.30. The van der Waals surface area contributed by atoms with E-state index in [9.17, 15) is 19.7 Å². The van der Waals surface area contributed by atoms with Crippen LogP contribution < -0.4 is 9.47 Å². The molecule has 0 bridgehead atoms. The zero-order chi connectivity index (χ0) is 20.3.